The molecule has 0 aromatic rings. The molecule has 0 radical (unpaired) electrons. The molecular weight excluding hydrogens is 1020 g/mol. The number of carbonyl (C=O) groups excluding carboxylic acids is 3. The fourth-order valence-electron chi connectivity index (χ4n) is 10.2. The number of carbonyl (C=O) groups is 3. The normalized spacial score (nSPS) is 12.7. The standard InChI is InChI=1S/C77H134O6/c1-4-7-10-13-16-19-22-25-28-31-33-35-36-37-38-39-40-42-43-46-49-52-55-58-61-64-67-70-76(79)82-73-74(72-81-75(78)69-66-63-60-57-54-51-48-45-30-27-24-21-18-15-12-9-6-3)83-77(80)71-68-65-62-59-56-53-50-47-44-41-34-32-29-26-23-20-17-14-11-8-5-2/h8,11,17,20,22,25-26,29,31,33-34,36-37,41,47,50,74H,4-7,9-10,12-16,18-19,21,23-24,27-28,30,32,35,38-40,42-46,48-49,51-73H2,1-3H3/b11-8-,20-17-,25-22-,29-26-,33-31-,37-36-,41-34-,50-47-. The molecule has 0 spiro atoms. The summed E-state index contributed by atoms with van der Waals surface area (Å²) in [4.78, 5) is 38.5. The van der Waals surface area contributed by atoms with Crippen molar-refractivity contribution in [2.24, 2.45) is 0 Å². The highest BCUT2D eigenvalue weighted by Crippen LogP contribution is 2.17. The average molecular weight is 1160 g/mol. The molecule has 1 unspecified atom stereocenters. The third kappa shape index (κ3) is 69.0. The number of hydrogen-bond donors (Lipinski definition) is 0. The molecule has 6 heteroatoms. The highest BCUT2D eigenvalue weighted by Gasteiger charge is 2.19. The van der Waals surface area contributed by atoms with Crippen molar-refractivity contribution in [2.45, 2.75) is 361 Å². The molecule has 0 N–H and O–H groups in total. The predicted molar refractivity (Wildman–Crippen MR) is 362 cm³/mol. The maximum absolute atomic E-state index is 13.0. The van der Waals surface area contributed by atoms with Gasteiger partial charge in [-0.1, -0.05) is 330 Å². The molecule has 0 aromatic carbocycles. The van der Waals surface area contributed by atoms with E-state index in [2.05, 4.69) is 118 Å². The topological polar surface area (TPSA) is 78.9 Å². The van der Waals surface area contributed by atoms with Crippen LogP contribution < -0.4 is 0 Å². The fourth-order valence-corrected chi connectivity index (χ4v) is 10.2. The predicted octanol–water partition coefficient (Wildman–Crippen LogP) is 24.8. The van der Waals surface area contributed by atoms with E-state index in [0.29, 0.717) is 19.3 Å². The monoisotopic (exact) mass is 1160 g/mol. The first-order chi connectivity index (χ1) is 41.0. The maximum Gasteiger partial charge on any atom is 0.306 e. The first-order valence-corrected chi connectivity index (χ1v) is 35.7. The second-order valence-corrected chi connectivity index (χ2v) is 23.8. The molecule has 83 heavy (non-hydrogen) atoms. The molecule has 0 aliphatic carbocycles. The molecule has 0 fully saturated rings. The zero-order chi connectivity index (χ0) is 59.9. The smallest absolute Gasteiger partial charge is 0.306 e. The summed E-state index contributed by atoms with van der Waals surface area (Å²) in [7, 11) is 0. The van der Waals surface area contributed by atoms with Crippen molar-refractivity contribution < 1.29 is 28.6 Å². The van der Waals surface area contributed by atoms with Crippen molar-refractivity contribution in [3.8, 4) is 0 Å². The first-order valence-electron chi connectivity index (χ1n) is 35.7. The molecule has 0 aromatic heterocycles. The van der Waals surface area contributed by atoms with E-state index in [1.807, 2.05) is 0 Å². The SMILES string of the molecule is CC/C=C\C/C=C\C/C=C\C/C=C\C/C=C\CCCCCCCC(=O)OC(COC(=O)CCCCCCCCCCCCCC/C=C\C/C=C\C/C=C\CCCCCCC)COC(=O)CCCCCCCCCCCCCCCCCCC. The van der Waals surface area contributed by atoms with Crippen molar-refractivity contribution in [1.82, 2.24) is 0 Å². The Hall–Kier alpha value is -3.67. The Morgan fingerprint density at radius 3 is 0.735 bits per heavy atom. The van der Waals surface area contributed by atoms with Crippen molar-refractivity contribution in [3.63, 3.8) is 0 Å². The second-order valence-electron chi connectivity index (χ2n) is 23.8. The minimum atomic E-state index is -0.790. The van der Waals surface area contributed by atoms with Crippen LogP contribution in [0.4, 0.5) is 0 Å². The number of rotatable bonds is 65. The van der Waals surface area contributed by atoms with E-state index in [4.69, 9.17) is 14.2 Å². The number of unbranched alkanes of at least 4 members (excludes halogenated alkanes) is 38. The molecular formula is C77H134O6. The van der Waals surface area contributed by atoms with Crippen molar-refractivity contribution in [2.75, 3.05) is 13.2 Å². The number of allylic oxidation sites excluding steroid dienone is 16. The Kier molecular flexibility index (Phi) is 67.7. The van der Waals surface area contributed by atoms with E-state index in [1.165, 1.54) is 193 Å². The molecule has 0 aliphatic rings. The zero-order valence-electron chi connectivity index (χ0n) is 54.9. The van der Waals surface area contributed by atoms with Crippen LogP contribution in [0.15, 0.2) is 97.2 Å². The number of hydrogen-bond acceptors (Lipinski definition) is 6. The summed E-state index contributed by atoms with van der Waals surface area (Å²) in [5.41, 5.74) is 0. The van der Waals surface area contributed by atoms with Crippen molar-refractivity contribution in [1.29, 1.82) is 0 Å². The van der Waals surface area contributed by atoms with Gasteiger partial charge in [0.25, 0.3) is 0 Å². The summed E-state index contributed by atoms with van der Waals surface area (Å²) in [5, 5.41) is 0. The molecule has 0 saturated carbocycles. The molecule has 0 heterocycles. The molecule has 0 amide bonds. The Balaban J connectivity index is 4.36. The Morgan fingerprint density at radius 2 is 0.470 bits per heavy atom. The second kappa shape index (κ2) is 70.8. The molecule has 0 rings (SSSR count). The third-order valence-corrected chi connectivity index (χ3v) is 15.6. The van der Waals surface area contributed by atoms with Gasteiger partial charge in [0, 0.05) is 19.3 Å². The van der Waals surface area contributed by atoms with Gasteiger partial charge in [-0.05, 0) is 103 Å². The lowest BCUT2D eigenvalue weighted by Gasteiger charge is -2.18. The molecule has 0 aliphatic heterocycles. The zero-order valence-corrected chi connectivity index (χ0v) is 54.9. The lowest BCUT2D eigenvalue weighted by Crippen LogP contribution is -2.30. The van der Waals surface area contributed by atoms with Gasteiger partial charge in [0.1, 0.15) is 13.2 Å². The van der Waals surface area contributed by atoms with Gasteiger partial charge in [0.15, 0.2) is 6.10 Å². The lowest BCUT2D eigenvalue weighted by atomic mass is 10.0. The number of esters is 3. The van der Waals surface area contributed by atoms with Crippen LogP contribution in [-0.2, 0) is 28.6 Å². The van der Waals surface area contributed by atoms with Crippen LogP contribution in [0, 0.1) is 0 Å². The molecule has 478 valence electrons. The molecule has 6 nitrogen and oxygen atoms in total. The lowest BCUT2D eigenvalue weighted by molar-refractivity contribution is -0.167. The Morgan fingerprint density at radius 1 is 0.253 bits per heavy atom. The van der Waals surface area contributed by atoms with Crippen LogP contribution >= 0.6 is 0 Å². The van der Waals surface area contributed by atoms with E-state index in [9.17, 15) is 14.4 Å². The molecule has 0 saturated heterocycles. The molecule has 1 atom stereocenters. The van der Waals surface area contributed by atoms with E-state index < -0.39 is 6.10 Å². The van der Waals surface area contributed by atoms with Gasteiger partial charge in [-0.2, -0.15) is 0 Å². The minimum Gasteiger partial charge on any atom is -0.462 e. The quantitative estimate of drug-likeness (QED) is 0.0261. The van der Waals surface area contributed by atoms with Crippen molar-refractivity contribution in [3.05, 3.63) is 97.2 Å². The van der Waals surface area contributed by atoms with E-state index in [-0.39, 0.29) is 31.1 Å². The third-order valence-electron chi connectivity index (χ3n) is 15.6. The summed E-state index contributed by atoms with van der Waals surface area (Å²) in [6.45, 7) is 6.55. The van der Waals surface area contributed by atoms with Crippen LogP contribution in [-0.4, -0.2) is 37.2 Å². The van der Waals surface area contributed by atoms with E-state index in [1.54, 1.807) is 0 Å². The van der Waals surface area contributed by atoms with Gasteiger partial charge < -0.3 is 14.2 Å². The Labute approximate surface area is 515 Å². The van der Waals surface area contributed by atoms with Gasteiger partial charge in [0.05, 0.1) is 0 Å². The largest absolute Gasteiger partial charge is 0.462 e. The van der Waals surface area contributed by atoms with Gasteiger partial charge in [-0.3, -0.25) is 14.4 Å². The van der Waals surface area contributed by atoms with Crippen LogP contribution in [0.5, 0.6) is 0 Å². The highest BCUT2D eigenvalue weighted by molar-refractivity contribution is 5.71. The summed E-state index contributed by atoms with van der Waals surface area (Å²) in [6, 6.07) is 0. The minimum absolute atomic E-state index is 0.0828. The Bertz CT molecular complexity index is 1610. The highest BCUT2D eigenvalue weighted by atomic mass is 16.6. The van der Waals surface area contributed by atoms with Crippen LogP contribution in [0.2, 0.25) is 0 Å². The molecule has 0 bridgehead atoms. The first kappa shape index (κ1) is 79.3. The van der Waals surface area contributed by atoms with Gasteiger partial charge in [-0.15, -0.1) is 0 Å². The summed E-state index contributed by atoms with van der Waals surface area (Å²) in [5.74, 6) is -0.885. The summed E-state index contributed by atoms with van der Waals surface area (Å²) in [6.07, 6.45) is 95.7. The fraction of sp³-hybridized carbons (Fsp3) is 0.753. The van der Waals surface area contributed by atoms with Gasteiger partial charge >= 0.3 is 17.9 Å². The summed E-state index contributed by atoms with van der Waals surface area (Å²) < 4.78 is 17.0. The van der Waals surface area contributed by atoms with Crippen LogP contribution in [0.25, 0.3) is 0 Å². The number of ether oxygens (including phenoxy) is 3. The van der Waals surface area contributed by atoms with Crippen LogP contribution in [0.1, 0.15) is 355 Å². The maximum atomic E-state index is 13.0. The van der Waals surface area contributed by atoms with Gasteiger partial charge in [0.2, 0.25) is 0 Å². The van der Waals surface area contributed by atoms with E-state index >= 15 is 0 Å². The summed E-state index contributed by atoms with van der Waals surface area (Å²) >= 11 is 0. The van der Waals surface area contributed by atoms with Crippen molar-refractivity contribution >= 4 is 17.9 Å². The van der Waals surface area contributed by atoms with Crippen LogP contribution in [0.3, 0.4) is 0 Å². The van der Waals surface area contributed by atoms with E-state index in [0.717, 1.165) is 122 Å². The van der Waals surface area contributed by atoms with Gasteiger partial charge in [-0.25, -0.2) is 0 Å². The average Bonchev–Trinajstić information content (AvgIpc) is 3.50.